The Kier molecular flexibility index (Phi) is 2.97. The van der Waals surface area contributed by atoms with Crippen LogP contribution in [-0.2, 0) is 11.2 Å². The summed E-state index contributed by atoms with van der Waals surface area (Å²) < 4.78 is 1.53. The Hall–Kier alpha value is -1.69. The van der Waals surface area contributed by atoms with Crippen molar-refractivity contribution >= 4 is 23.3 Å². The summed E-state index contributed by atoms with van der Waals surface area (Å²) in [5.41, 5.74) is 1.44. The molecule has 0 atom stereocenters. The highest BCUT2D eigenvalue weighted by molar-refractivity contribution is 6.31. The molecule has 0 unspecified atom stereocenters. The lowest BCUT2D eigenvalue weighted by atomic mass is 10.3. The maximum atomic E-state index is 10.5. The molecule has 0 aliphatic rings. The van der Waals surface area contributed by atoms with Crippen LogP contribution in [-0.4, -0.2) is 30.7 Å². The fourth-order valence-electron chi connectivity index (χ4n) is 1.52. The summed E-state index contributed by atoms with van der Waals surface area (Å²) in [4.78, 5) is 18.8. The van der Waals surface area contributed by atoms with Crippen LogP contribution in [0.1, 0.15) is 23.6 Å². The highest BCUT2D eigenvalue weighted by Gasteiger charge is 2.12. The van der Waals surface area contributed by atoms with E-state index in [1.807, 2.05) is 6.92 Å². The van der Waals surface area contributed by atoms with Gasteiger partial charge in [-0.05, 0) is 13.8 Å². The lowest BCUT2D eigenvalue weighted by molar-refractivity contribution is -0.137. The molecule has 17 heavy (non-hydrogen) atoms. The van der Waals surface area contributed by atoms with Crippen LogP contribution >= 0.6 is 11.6 Å². The zero-order valence-electron chi connectivity index (χ0n) is 9.44. The van der Waals surface area contributed by atoms with Crippen LogP contribution < -0.4 is 0 Å². The fourth-order valence-corrected chi connectivity index (χ4v) is 1.64. The van der Waals surface area contributed by atoms with Gasteiger partial charge in [0.1, 0.15) is 0 Å². The summed E-state index contributed by atoms with van der Waals surface area (Å²) in [7, 11) is 0. The molecular formula is C10H11ClN4O2. The van der Waals surface area contributed by atoms with E-state index in [1.54, 1.807) is 6.92 Å². The van der Waals surface area contributed by atoms with Gasteiger partial charge < -0.3 is 5.11 Å². The molecule has 90 valence electrons. The van der Waals surface area contributed by atoms with Gasteiger partial charge in [-0.2, -0.15) is 9.50 Å². The molecule has 0 spiro atoms. The molecule has 2 aromatic rings. The Morgan fingerprint density at radius 2 is 2.12 bits per heavy atom. The normalized spacial score (nSPS) is 11.0. The first-order valence-electron chi connectivity index (χ1n) is 5.09. The van der Waals surface area contributed by atoms with Crippen molar-refractivity contribution in [2.45, 2.75) is 26.7 Å². The van der Waals surface area contributed by atoms with Crippen molar-refractivity contribution in [3.63, 3.8) is 0 Å². The molecule has 2 rings (SSSR count). The third-order valence-electron chi connectivity index (χ3n) is 2.42. The number of hydrogen-bond donors (Lipinski definition) is 1. The SMILES string of the molecule is Cc1nc2nc(CCC(=O)O)nn2c(C)c1Cl. The molecule has 2 heterocycles. The third-order valence-corrected chi connectivity index (χ3v) is 2.96. The molecule has 0 aliphatic heterocycles. The Morgan fingerprint density at radius 3 is 2.76 bits per heavy atom. The van der Waals surface area contributed by atoms with Gasteiger partial charge in [0.15, 0.2) is 5.82 Å². The lowest BCUT2D eigenvalue weighted by Gasteiger charge is -2.02. The number of halogens is 1. The monoisotopic (exact) mass is 254 g/mol. The standard InChI is InChI=1S/C10H11ClN4O2/c1-5-9(11)6(2)15-10(12-5)13-7(14-15)3-4-8(16)17/h3-4H2,1-2H3,(H,16,17). The number of fused-ring (bicyclic) bond motifs is 1. The van der Waals surface area contributed by atoms with E-state index >= 15 is 0 Å². The highest BCUT2D eigenvalue weighted by atomic mass is 35.5. The van der Waals surface area contributed by atoms with E-state index in [1.165, 1.54) is 4.52 Å². The zero-order chi connectivity index (χ0) is 12.6. The second-order valence-corrected chi connectivity index (χ2v) is 4.11. The maximum Gasteiger partial charge on any atom is 0.303 e. The van der Waals surface area contributed by atoms with Crippen LogP contribution in [0.5, 0.6) is 0 Å². The average molecular weight is 255 g/mol. The third kappa shape index (κ3) is 2.21. The zero-order valence-corrected chi connectivity index (χ0v) is 10.2. The van der Waals surface area contributed by atoms with Crippen molar-refractivity contribution in [2.75, 3.05) is 0 Å². The molecule has 0 amide bonds. The first kappa shape index (κ1) is 11.8. The van der Waals surface area contributed by atoms with Crippen LogP contribution in [0.25, 0.3) is 5.78 Å². The van der Waals surface area contributed by atoms with Gasteiger partial charge in [-0.1, -0.05) is 11.6 Å². The predicted molar refractivity (Wildman–Crippen MR) is 61.2 cm³/mol. The van der Waals surface area contributed by atoms with Crippen molar-refractivity contribution in [1.82, 2.24) is 19.6 Å². The average Bonchev–Trinajstić information content (AvgIpc) is 2.66. The number of carboxylic acid groups (broad SMARTS) is 1. The van der Waals surface area contributed by atoms with Gasteiger partial charge >= 0.3 is 5.97 Å². The molecule has 7 heteroatoms. The largest absolute Gasteiger partial charge is 0.481 e. The van der Waals surface area contributed by atoms with Crippen LogP contribution in [0, 0.1) is 13.8 Å². The number of aliphatic carboxylic acids is 1. The Balaban J connectivity index is 2.43. The molecule has 0 bridgehead atoms. The van der Waals surface area contributed by atoms with E-state index in [0.29, 0.717) is 22.3 Å². The molecule has 0 radical (unpaired) electrons. The number of carbonyl (C=O) groups is 1. The van der Waals surface area contributed by atoms with Crippen LogP contribution in [0.2, 0.25) is 5.02 Å². The van der Waals surface area contributed by atoms with Gasteiger partial charge in [0.05, 0.1) is 22.8 Å². The van der Waals surface area contributed by atoms with E-state index in [4.69, 9.17) is 16.7 Å². The summed E-state index contributed by atoms with van der Waals surface area (Å²) in [6.07, 6.45) is 0.289. The van der Waals surface area contributed by atoms with Crippen molar-refractivity contribution in [1.29, 1.82) is 0 Å². The van der Waals surface area contributed by atoms with Gasteiger partial charge in [-0.3, -0.25) is 4.79 Å². The molecule has 6 nitrogen and oxygen atoms in total. The number of nitrogens with zero attached hydrogens (tertiary/aromatic N) is 4. The lowest BCUT2D eigenvalue weighted by Crippen LogP contribution is -2.01. The summed E-state index contributed by atoms with van der Waals surface area (Å²) in [6.45, 7) is 3.61. The second-order valence-electron chi connectivity index (χ2n) is 3.73. The number of aryl methyl sites for hydroxylation is 3. The molecular weight excluding hydrogens is 244 g/mol. The number of hydrogen-bond acceptors (Lipinski definition) is 4. The number of rotatable bonds is 3. The molecule has 0 aliphatic carbocycles. The van der Waals surface area contributed by atoms with E-state index in [2.05, 4.69) is 15.1 Å². The first-order chi connectivity index (χ1) is 7.99. The van der Waals surface area contributed by atoms with Gasteiger partial charge in [-0.25, -0.2) is 4.98 Å². The molecule has 0 fully saturated rings. The minimum atomic E-state index is -0.872. The maximum absolute atomic E-state index is 10.5. The molecule has 0 saturated heterocycles. The van der Waals surface area contributed by atoms with E-state index in [9.17, 15) is 4.79 Å². The summed E-state index contributed by atoms with van der Waals surface area (Å²) >= 11 is 6.05. The van der Waals surface area contributed by atoms with Gasteiger partial charge in [0.25, 0.3) is 5.78 Å². The Morgan fingerprint density at radius 1 is 1.41 bits per heavy atom. The topological polar surface area (TPSA) is 80.4 Å². The van der Waals surface area contributed by atoms with Crippen molar-refractivity contribution in [3.05, 3.63) is 22.2 Å². The Labute approximate surface area is 102 Å². The number of aromatic nitrogens is 4. The fraction of sp³-hybridized carbons (Fsp3) is 0.400. The molecule has 1 N–H and O–H groups in total. The van der Waals surface area contributed by atoms with E-state index in [-0.39, 0.29) is 12.8 Å². The Bertz CT molecular complexity index is 593. The van der Waals surface area contributed by atoms with Crippen molar-refractivity contribution in [3.8, 4) is 0 Å². The van der Waals surface area contributed by atoms with Crippen LogP contribution in [0.3, 0.4) is 0 Å². The quantitative estimate of drug-likeness (QED) is 0.896. The molecule has 0 aromatic carbocycles. The predicted octanol–water partition coefficient (Wildman–Crippen LogP) is 1.41. The number of carboxylic acids is 1. The second kappa shape index (κ2) is 4.29. The van der Waals surface area contributed by atoms with Gasteiger partial charge in [-0.15, -0.1) is 5.10 Å². The van der Waals surface area contributed by atoms with E-state index < -0.39 is 5.97 Å². The summed E-state index contributed by atoms with van der Waals surface area (Å²) in [5.74, 6) is 0.0391. The minimum absolute atomic E-state index is 0.00262. The van der Waals surface area contributed by atoms with Gasteiger partial charge in [0.2, 0.25) is 0 Å². The molecule has 2 aromatic heterocycles. The highest BCUT2D eigenvalue weighted by Crippen LogP contribution is 2.18. The first-order valence-corrected chi connectivity index (χ1v) is 5.47. The van der Waals surface area contributed by atoms with Crippen LogP contribution in [0.15, 0.2) is 0 Å². The minimum Gasteiger partial charge on any atom is -0.481 e. The van der Waals surface area contributed by atoms with Crippen molar-refractivity contribution in [2.24, 2.45) is 0 Å². The molecule has 0 saturated carbocycles. The smallest absolute Gasteiger partial charge is 0.303 e. The van der Waals surface area contributed by atoms with E-state index in [0.717, 1.165) is 5.69 Å². The summed E-state index contributed by atoms with van der Waals surface area (Å²) in [6, 6.07) is 0. The summed E-state index contributed by atoms with van der Waals surface area (Å²) in [5, 5.41) is 13.3. The van der Waals surface area contributed by atoms with Crippen LogP contribution in [0.4, 0.5) is 0 Å². The van der Waals surface area contributed by atoms with Crippen molar-refractivity contribution < 1.29 is 9.90 Å². The van der Waals surface area contributed by atoms with Gasteiger partial charge in [0, 0.05) is 6.42 Å².